The van der Waals surface area contributed by atoms with Gasteiger partial charge in [0.2, 0.25) is 10.0 Å². The number of carbonyl (C=O) groups excluding carboxylic acids is 2. The highest BCUT2D eigenvalue weighted by Gasteiger charge is 2.25. The van der Waals surface area contributed by atoms with E-state index in [0.29, 0.717) is 13.1 Å². The predicted molar refractivity (Wildman–Crippen MR) is 101 cm³/mol. The summed E-state index contributed by atoms with van der Waals surface area (Å²) in [6.45, 7) is 3.51. The van der Waals surface area contributed by atoms with E-state index in [1.165, 1.54) is 28.6 Å². The van der Waals surface area contributed by atoms with Crippen molar-refractivity contribution in [2.24, 2.45) is 0 Å². The zero-order valence-corrected chi connectivity index (χ0v) is 16.4. The van der Waals surface area contributed by atoms with Gasteiger partial charge in [0.15, 0.2) is 6.61 Å². The summed E-state index contributed by atoms with van der Waals surface area (Å²) >= 11 is 6.04. The summed E-state index contributed by atoms with van der Waals surface area (Å²) in [6, 6.07) is 7.28. The normalized spacial score (nSPS) is 11.4. The highest BCUT2D eigenvalue weighted by atomic mass is 35.5. The average Bonchev–Trinajstić information content (AvgIpc) is 3.16. The van der Waals surface area contributed by atoms with Crippen LogP contribution in [0.2, 0.25) is 5.02 Å². The number of halogens is 1. The zero-order chi connectivity index (χ0) is 20.0. The molecule has 0 aliphatic rings. The summed E-state index contributed by atoms with van der Waals surface area (Å²) < 4.78 is 31.5. The molecule has 0 saturated heterocycles. The van der Waals surface area contributed by atoms with Crippen molar-refractivity contribution in [1.29, 1.82) is 0 Å². The maximum atomic E-state index is 12.7. The summed E-state index contributed by atoms with van der Waals surface area (Å²) in [4.78, 5) is 26.3. The van der Waals surface area contributed by atoms with Gasteiger partial charge in [-0.3, -0.25) is 4.79 Å². The molecule has 0 aliphatic carbocycles. The lowest BCUT2D eigenvalue weighted by molar-refractivity contribution is -0.119. The Morgan fingerprint density at radius 2 is 1.93 bits per heavy atom. The van der Waals surface area contributed by atoms with Gasteiger partial charge in [0, 0.05) is 25.0 Å². The van der Waals surface area contributed by atoms with Gasteiger partial charge >= 0.3 is 5.97 Å². The molecule has 0 unspecified atom stereocenters. The van der Waals surface area contributed by atoms with Crippen LogP contribution in [-0.4, -0.2) is 49.3 Å². The number of sulfonamides is 1. The number of aromatic amines is 1. The van der Waals surface area contributed by atoms with Crippen LogP contribution in [0, 0.1) is 0 Å². The van der Waals surface area contributed by atoms with Gasteiger partial charge in [-0.1, -0.05) is 25.4 Å². The number of ether oxygens (including phenoxy) is 1. The minimum atomic E-state index is -3.78. The number of benzene rings is 1. The average molecular weight is 414 g/mol. The van der Waals surface area contributed by atoms with E-state index in [2.05, 4.69) is 10.3 Å². The SMILES string of the molecule is CCN(CC)S(=O)(=O)c1cc(NC(=O)COC(=O)c2ccc[nH]2)ccc1Cl. The molecule has 1 aromatic heterocycles. The van der Waals surface area contributed by atoms with E-state index in [4.69, 9.17) is 16.3 Å². The number of rotatable bonds is 8. The van der Waals surface area contributed by atoms with Crippen LogP contribution in [0.3, 0.4) is 0 Å². The molecule has 1 amide bonds. The molecule has 0 spiro atoms. The van der Waals surface area contributed by atoms with Crippen molar-refractivity contribution >= 4 is 39.2 Å². The molecule has 1 aromatic carbocycles. The van der Waals surface area contributed by atoms with Crippen LogP contribution < -0.4 is 5.32 Å². The molecule has 0 saturated carbocycles. The highest BCUT2D eigenvalue weighted by Crippen LogP contribution is 2.27. The van der Waals surface area contributed by atoms with Gasteiger partial charge in [-0.25, -0.2) is 13.2 Å². The van der Waals surface area contributed by atoms with Crippen LogP contribution in [0.1, 0.15) is 24.3 Å². The topological polar surface area (TPSA) is 109 Å². The Hall–Kier alpha value is -2.36. The van der Waals surface area contributed by atoms with Gasteiger partial charge in [0.1, 0.15) is 10.6 Å². The lowest BCUT2D eigenvalue weighted by Gasteiger charge is -2.19. The second-order valence-corrected chi connectivity index (χ2v) is 7.76. The quantitative estimate of drug-likeness (QED) is 0.646. The number of anilines is 1. The first-order valence-electron chi connectivity index (χ1n) is 8.19. The molecule has 2 rings (SSSR count). The van der Waals surface area contributed by atoms with Crippen molar-refractivity contribution in [2.75, 3.05) is 25.0 Å². The van der Waals surface area contributed by atoms with E-state index < -0.39 is 28.5 Å². The number of esters is 1. The van der Waals surface area contributed by atoms with Crippen molar-refractivity contribution in [3.63, 3.8) is 0 Å². The Bertz CT molecular complexity index is 909. The molecule has 1 heterocycles. The summed E-state index contributed by atoms with van der Waals surface area (Å²) in [5.41, 5.74) is 0.452. The predicted octanol–water partition coefficient (Wildman–Crippen LogP) is 2.49. The molecule has 0 fully saturated rings. The summed E-state index contributed by atoms with van der Waals surface area (Å²) in [7, 11) is -3.78. The van der Waals surface area contributed by atoms with E-state index in [1.807, 2.05) is 0 Å². The van der Waals surface area contributed by atoms with Gasteiger partial charge in [-0.05, 0) is 30.3 Å². The maximum Gasteiger partial charge on any atom is 0.355 e. The first-order valence-corrected chi connectivity index (χ1v) is 10.0. The van der Waals surface area contributed by atoms with Crippen molar-refractivity contribution < 1.29 is 22.7 Å². The van der Waals surface area contributed by atoms with E-state index >= 15 is 0 Å². The Morgan fingerprint density at radius 3 is 2.52 bits per heavy atom. The molecule has 27 heavy (non-hydrogen) atoms. The zero-order valence-electron chi connectivity index (χ0n) is 14.9. The third-order valence-corrected chi connectivity index (χ3v) is 6.22. The van der Waals surface area contributed by atoms with Crippen molar-refractivity contribution in [2.45, 2.75) is 18.7 Å². The van der Waals surface area contributed by atoms with Gasteiger partial charge in [0.05, 0.1) is 5.02 Å². The Morgan fingerprint density at radius 1 is 1.22 bits per heavy atom. The minimum Gasteiger partial charge on any atom is -0.451 e. The fraction of sp³-hybridized carbons (Fsp3) is 0.294. The van der Waals surface area contributed by atoms with Crippen LogP contribution in [0.25, 0.3) is 0 Å². The van der Waals surface area contributed by atoms with Gasteiger partial charge in [-0.15, -0.1) is 0 Å². The second-order valence-electron chi connectivity index (χ2n) is 5.44. The lowest BCUT2D eigenvalue weighted by Crippen LogP contribution is -2.31. The van der Waals surface area contributed by atoms with Crippen molar-refractivity contribution in [1.82, 2.24) is 9.29 Å². The second kappa shape index (κ2) is 9.03. The molecule has 2 N–H and O–H groups in total. The maximum absolute atomic E-state index is 12.7. The number of hydrogen-bond donors (Lipinski definition) is 2. The first kappa shape index (κ1) is 20.9. The largest absolute Gasteiger partial charge is 0.451 e. The Balaban J connectivity index is 2.09. The van der Waals surface area contributed by atoms with Crippen LogP contribution in [0.15, 0.2) is 41.4 Å². The van der Waals surface area contributed by atoms with Crippen LogP contribution >= 0.6 is 11.6 Å². The standard InChI is InChI=1S/C17H20ClN3O5S/c1-3-21(4-2)27(24,25)15-10-12(7-8-13(15)18)20-16(22)11-26-17(23)14-6-5-9-19-14/h5-10,19H,3-4,11H2,1-2H3,(H,20,22). The van der Waals surface area contributed by atoms with Gasteiger partial charge < -0.3 is 15.0 Å². The van der Waals surface area contributed by atoms with Crippen LogP contribution in [0.4, 0.5) is 5.69 Å². The van der Waals surface area contributed by atoms with Crippen molar-refractivity contribution in [3.8, 4) is 0 Å². The van der Waals surface area contributed by atoms with Gasteiger partial charge in [-0.2, -0.15) is 4.31 Å². The van der Waals surface area contributed by atoms with Crippen LogP contribution in [0.5, 0.6) is 0 Å². The Labute approximate surface area is 162 Å². The van der Waals surface area contributed by atoms with E-state index in [1.54, 1.807) is 26.1 Å². The number of H-pyrrole nitrogens is 1. The highest BCUT2D eigenvalue weighted by molar-refractivity contribution is 7.89. The van der Waals surface area contributed by atoms with Crippen LogP contribution in [-0.2, 0) is 19.6 Å². The molecule has 10 heteroatoms. The molecular formula is C17H20ClN3O5S. The summed E-state index contributed by atoms with van der Waals surface area (Å²) in [6.07, 6.45) is 1.56. The number of aromatic nitrogens is 1. The van der Waals surface area contributed by atoms with E-state index in [9.17, 15) is 18.0 Å². The number of hydrogen-bond acceptors (Lipinski definition) is 5. The molecule has 0 radical (unpaired) electrons. The smallest absolute Gasteiger partial charge is 0.355 e. The minimum absolute atomic E-state index is 0.0538. The monoisotopic (exact) mass is 413 g/mol. The number of nitrogens with one attached hydrogen (secondary N) is 2. The van der Waals surface area contributed by atoms with E-state index in [0.717, 1.165) is 0 Å². The Kier molecular flexibility index (Phi) is 7.00. The number of amides is 1. The fourth-order valence-electron chi connectivity index (χ4n) is 2.34. The summed E-state index contributed by atoms with van der Waals surface area (Å²) in [5.74, 6) is -1.28. The first-order chi connectivity index (χ1) is 12.8. The number of carbonyl (C=O) groups is 2. The molecule has 0 bridgehead atoms. The third-order valence-electron chi connectivity index (χ3n) is 3.69. The molecule has 0 atom stereocenters. The fourth-order valence-corrected chi connectivity index (χ4v) is 4.30. The number of nitrogens with zero attached hydrogens (tertiary/aromatic N) is 1. The third kappa shape index (κ3) is 5.09. The van der Waals surface area contributed by atoms with Gasteiger partial charge in [0.25, 0.3) is 5.91 Å². The van der Waals surface area contributed by atoms with E-state index in [-0.39, 0.29) is 21.3 Å². The molecule has 8 nitrogen and oxygen atoms in total. The lowest BCUT2D eigenvalue weighted by atomic mass is 10.3. The molecule has 146 valence electrons. The molecule has 2 aromatic rings. The van der Waals surface area contributed by atoms with Crippen molar-refractivity contribution in [3.05, 3.63) is 47.2 Å². The summed E-state index contributed by atoms with van der Waals surface area (Å²) in [5, 5.41) is 2.54. The molecule has 0 aliphatic heterocycles. The molecular weight excluding hydrogens is 394 g/mol.